The molecule has 0 radical (unpaired) electrons. The molecule has 0 unspecified atom stereocenters. The van der Waals surface area contributed by atoms with E-state index < -0.39 is 0 Å². The third-order valence-corrected chi connectivity index (χ3v) is 3.20. The first-order valence-corrected chi connectivity index (χ1v) is 6.96. The highest BCUT2D eigenvalue weighted by Crippen LogP contribution is 2.29. The molecule has 0 spiro atoms. The maximum absolute atomic E-state index is 12.2. The third kappa shape index (κ3) is 4.05. The third-order valence-electron chi connectivity index (χ3n) is 3.20. The van der Waals surface area contributed by atoms with Crippen LogP contribution in [0.15, 0.2) is 42.6 Å². The predicted molar refractivity (Wildman–Crippen MR) is 86.1 cm³/mol. The van der Waals surface area contributed by atoms with Gasteiger partial charge in [0.15, 0.2) is 0 Å². The maximum Gasteiger partial charge on any atom is 0.230 e. The largest absolute Gasteiger partial charge is 0.397 e. The second kappa shape index (κ2) is 5.95. The molecule has 0 saturated carbocycles. The second-order valence-corrected chi connectivity index (χ2v) is 6.10. The lowest BCUT2D eigenvalue weighted by atomic mass is 9.86. The molecule has 1 aromatic heterocycles. The van der Waals surface area contributed by atoms with Gasteiger partial charge >= 0.3 is 0 Å². The van der Waals surface area contributed by atoms with Gasteiger partial charge in [-0.2, -0.15) is 0 Å². The van der Waals surface area contributed by atoms with Crippen molar-refractivity contribution in [3.8, 4) is 0 Å². The molecule has 21 heavy (non-hydrogen) atoms. The van der Waals surface area contributed by atoms with E-state index in [1.165, 1.54) is 0 Å². The quantitative estimate of drug-likeness (QED) is 0.909. The van der Waals surface area contributed by atoms with Gasteiger partial charge in [-0.15, -0.1) is 0 Å². The molecule has 4 nitrogen and oxygen atoms in total. The van der Waals surface area contributed by atoms with Gasteiger partial charge in [0.1, 0.15) is 0 Å². The number of benzene rings is 1. The molecule has 1 aromatic carbocycles. The summed E-state index contributed by atoms with van der Waals surface area (Å²) in [5.41, 5.74) is 8.83. The van der Waals surface area contributed by atoms with Crippen molar-refractivity contribution >= 4 is 17.3 Å². The molecule has 0 aliphatic rings. The summed E-state index contributed by atoms with van der Waals surface area (Å²) in [5.74, 6) is -0.0797. The van der Waals surface area contributed by atoms with E-state index in [1.807, 2.05) is 24.3 Å². The van der Waals surface area contributed by atoms with Gasteiger partial charge < -0.3 is 11.1 Å². The summed E-state index contributed by atoms with van der Waals surface area (Å²) < 4.78 is 0. The van der Waals surface area contributed by atoms with Crippen LogP contribution in [0.1, 0.15) is 32.0 Å². The van der Waals surface area contributed by atoms with Crippen LogP contribution in [-0.2, 0) is 16.6 Å². The Bertz CT molecular complexity index is 627. The Balaban J connectivity index is 2.11. The van der Waals surface area contributed by atoms with E-state index in [-0.39, 0.29) is 17.7 Å². The van der Waals surface area contributed by atoms with E-state index in [4.69, 9.17) is 5.73 Å². The Morgan fingerprint density at radius 2 is 1.90 bits per heavy atom. The number of carbonyl (C=O) groups excluding carboxylic acids is 1. The number of carbonyl (C=O) groups is 1. The first-order valence-electron chi connectivity index (χ1n) is 6.96. The molecule has 0 aliphatic heterocycles. The maximum atomic E-state index is 12.2. The summed E-state index contributed by atoms with van der Waals surface area (Å²) in [6.07, 6.45) is 1.80. The van der Waals surface area contributed by atoms with Crippen molar-refractivity contribution in [3.63, 3.8) is 0 Å². The number of nitrogen functional groups attached to an aromatic ring is 1. The van der Waals surface area contributed by atoms with Crippen LogP contribution >= 0.6 is 0 Å². The Morgan fingerprint density at radius 3 is 2.52 bits per heavy atom. The van der Waals surface area contributed by atoms with Gasteiger partial charge in [-0.1, -0.05) is 39.0 Å². The fraction of sp³-hybridized carbons (Fsp3) is 0.294. The number of hydrogen-bond donors (Lipinski definition) is 2. The van der Waals surface area contributed by atoms with Crippen LogP contribution < -0.4 is 11.1 Å². The first kappa shape index (κ1) is 15.0. The minimum Gasteiger partial charge on any atom is -0.397 e. The van der Waals surface area contributed by atoms with Crippen LogP contribution in [0.4, 0.5) is 11.4 Å². The molecule has 0 atom stereocenters. The molecule has 4 heteroatoms. The van der Waals surface area contributed by atoms with E-state index in [1.54, 1.807) is 18.3 Å². The molecule has 0 saturated heterocycles. The van der Waals surface area contributed by atoms with Crippen molar-refractivity contribution in [1.29, 1.82) is 0 Å². The van der Waals surface area contributed by atoms with Crippen LogP contribution in [0.3, 0.4) is 0 Å². The van der Waals surface area contributed by atoms with Crippen LogP contribution in [0.2, 0.25) is 0 Å². The topological polar surface area (TPSA) is 68.0 Å². The summed E-state index contributed by atoms with van der Waals surface area (Å²) >= 11 is 0. The van der Waals surface area contributed by atoms with Gasteiger partial charge in [-0.3, -0.25) is 9.78 Å². The number of anilines is 2. The van der Waals surface area contributed by atoms with Gasteiger partial charge in [0, 0.05) is 11.4 Å². The zero-order chi connectivity index (χ0) is 15.5. The summed E-state index contributed by atoms with van der Waals surface area (Å²) in [7, 11) is 0. The van der Waals surface area contributed by atoms with E-state index in [9.17, 15) is 4.79 Å². The summed E-state index contributed by atoms with van der Waals surface area (Å²) in [6.45, 7) is 6.37. The molecule has 0 bridgehead atoms. The predicted octanol–water partition coefficient (Wildman–Crippen LogP) is 3.14. The number of amides is 1. The lowest BCUT2D eigenvalue weighted by Gasteiger charge is -2.23. The number of nitrogens with zero attached hydrogens (tertiary/aromatic N) is 1. The van der Waals surface area contributed by atoms with E-state index in [0.717, 1.165) is 11.3 Å². The number of nitrogens with one attached hydrogen (secondary N) is 1. The average Bonchev–Trinajstić information content (AvgIpc) is 2.41. The molecular formula is C17H21N3O. The van der Waals surface area contributed by atoms with E-state index in [0.29, 0.717) is 11.4 Å². The second-order valence-electron chi connectivity index (χ2n) is 6.10. The van der Waals surface area contributed by atoms with Crippen molar-refractivity contribution < 1.29 is 4.79 Å². The standard InChI is InChI=1S/C17H21N3O/c1-17(2,3)14-6-4-5-7-15(14)20-16(21)10-13-9-8-12(18)11-19-13/h4-9,11H,10,18H2,1-3H3,(H,20,21). The van der Waals surface area contributed by atoms with Crippen LogP contribution in [0.5, 0.6) is 0 Å². The fourth-order valence-corrected chi connectivity index (χ4v) is 2.15. The SMILES string of the molecule is CC(C)(C)c1ccccc1NC(=O)Cc1ccc(N)cn1. The minimum absolute atomic E-state index is 0.0245. The molecule has 0 fully saturated rings. The first-order chi connectivity index (χ1) is 9.86. The fourth-order valence-electron chi connectivity index (χ4n) is 2.15. The smallest absolute Gasteiger partial charge is 0.230 e. The molecule has 2 aromatic rings. The van der Waals surface area contributed by atoms with Gasteiger partial charge in [-0.05, 0) is 29.2 Å². The molecular weight excluding hydrogens is 262 g/mol. The van der Waals surface area contributed by atoms with Gasteiger partial charge in [0.05, 0.1) is 18.3 Å². The van der Waals surface area contributed by atoms with Gasteiger partial charge in [0.2, 0.25) is 5.91 Å². The number of nitrogens with two attached hydrogens (primary N) is 1. The number of rotatable bonds is 3. The lowest BCUT2D eigenvalue weighted by Crippen LogP contribution is -2.20. The normalized spacial score (nSPS) is 11.2. The Hall–Kier alpha value is -2.36. The number of aromatic nitrogens is 1. The Labute approximate surface area is 125 Å². The highest BCUT2D eigenvalue weighted by Gasteiger charge is 2.18. The van der Waals surface area contributed by atoms with Crippen molar-refractivity contribution in [3.05, 3.63) is 53.9 Å². The van der Waals surface area contributed by atoms with Crippen molar-refractivity contribution in [2.24, 2.45) is 0 Å². The number of hydrogen-bond acceptors (Lipinski definition) is 3. The summed E-state index contributed by atoms with van der Waals surface area (Å²) in [4.78, 5) is 16.3. The zero-order valence-corrected chi connectivity index (χ0v) is 12.7. The van der Waals surface area contributed by atoms with Crippen molar-refractivity contribution in [2.45, 2.75) is 32.6 Å². The highest BCUT2D eigenvalue weighted by atomic mass is 16.1. The van der Waals surface area contributed by atoms with Crippen molar-refractivity contribution in [2.75, 3.05) is 11.1 Å². The van der Waals surface area contributed by atoms with Gasteiger partial charge in [0.25, 0.3) is 0 Å². The average molecular weight is 283 g/mol. The molecule has 0 aliphatic carbocycles. The Kier molecular flexibility index (Phi) is 4.26. The zero-order valence-electron chi connectivity index (χ0n) is 12.7. The van der Waals surface area contributed by atoms with Crippen LogP contribution in [-0.4, -0.2) is 10.9 Å². The highest BCUT2D eigenvalue weighted by molar-refractivity contribution is 5.93. The Morgan fingerprint density at radius 1 is 1.19 bits per heavy atom. The molecule has 110 valence electrons. The number of pyridine rings is 1. The summed E-state index contributed by atoms with van der Waals surface area (Å²) in [5, 5.41) is 2.97. The van der Waals surface area contributed by atoms with Gasteiger partial charge in [-0.25, -0.2) is 0 Å². The van der Waals surface area contributed by atoms with Crippen LogP contribution in [0, 0.1) is 0 Å². The minimum atomic E-state index is -0.0797. The van der Waals surface area contributed by atoms with E-state index in [2.05, 4.69) is 31.1 Å². The molecule has 1 amide bonds. The molecule has 2 rings (SSSR count). The lowest BCUT2D eigenvalue weighted by molar-refractivity contribution is -0.115. The van der Waals surface area contributed by atoms with E-state index >= 15 is 0 Å². The number of para-hydroxylation sites is 1. The monoisotopic (exact) mass is 283 g/mol. The van der Waals surface area contributed by atoms with Crippen LogP contribution in [0.25, 0.3) is 0 Å². The van der Waals surface area contributed by atoms with Crippen molar-refractivity contribution in [1.82, 2.24) is 4.98 Å². The molecule has 1 heterocycles. The summed E-state index contributed by atoms with van der Waals surface area (Å²) in [6, 6.07) is 11.4. The molecule has 3 N–H and O–H groups in total.